The molecule has 0 aliphatic carbocycles. The van der Waals surface area contributed by atoms with Crippen molar-refractivity contribution in [2.24, 2.45) is 0 Å². The lowest BCUT2D eigenvalue weighted by Gasteiger charge is -2.17. The fourth-order valence-corrected chi connectivity index (χ4v) is 2.64. The predicted octanol–water partition coefficient (Wildman–Crippen LogP) is 0.700. The summed E-state index contributed by atoms with van der Waals surface area (Å²) in [6.45, 7) is 2.60. The molecule has 5 rings (SSSR count). The Morgan fingerprint density at radius 2 is 1.92 bits per heavy atom. The van der Waals surface area contributed by atoms with Crippen molar-refractivity contribution in [3.63, 3.8) is 0 Å². The van der Waals surface area contributed by atoms with Crippen molar-refractivity contribution >= 4 is 16.8 Å². The minimum Gasteiger partial charge on any atom is -0.486 e. The van der Waals surface area contributed by atoms with Crippen LogP contribution in [0.3, 0.4) is 0 Å². The Morgan fingerprint density at radius 1 is 1.12 bits per heavy atom. The number of nitrogens with one attached hydrogen (secondary N) is 1. The van der Waals surface area contributed by atoms with E-state index < -0.39 is 5.56 Å². The van der Waals surface area contributed by atoms with E-state index in [1.54, 1.807) is 19.1 Å². The van der Waals surface area contributed by atoms with Gasteiger partial charge < -0.3 is 14.0 Å². The summed E-state index contributed by atoms with van der Waals surface area (Å²) in [5.41, 5.74) is 0.892. The van der Waals surface area contributed by atoms with Gasteiger partial charge in [0.15, 0.2) is 17.2 Å². The molecule has 1 aliphatic rings. The minimum absolute atomic E-state index is 0.0481. The number of benzene rings is 1. The Morgan fingerprint density at radius 3 is 2.67 bits per heavy atom. The smallest absolute Gasteiger partial charge is 0.293 e. The molecular formula is C14H10N6O4. The van der Waals surface area contributed by atoms with Crippen LogP contribution in [0, 0.1) is 6.92 Å². The summed E-state index contributed by atoms with van der Waals surface area (Å²) in [5, 5.41) is 6.44. The number of nitrogens with zero attached hydrogens (tertiary/aromatic N) is 5. The molecule has 1 aliphatic heterocycles. The number of aromatic nitrogens is 6. The predicted molar refractivity (Wildman–Crippen MR) is 80.1 cm³/mol. The SMILES string of the molecule is Cc1nc(-c2nc3nc4cc5c(cc4n3[nH]c2=O)OCCO5)no1. The molecule has 4 heterocycles. The average Bonchev–Trinajstić information content (AvgIpc) is 3.15. The number of aromatic amines is 1. The van der Waals surface area contributed by atoms with Gasteiger partial charge in [0.05, 0.1) is 11.0 Å². The topological polar surface area (TPSA) is 120 Å². The van der Waals surface area contributed by atoms with E-state index in [4.69, 9.17) is 14.0 Å². The van der Waals surface area contributed by atoms with Crippen molar-refractivity contribution in [2.75, 3.05) is 13.2 Å². The van der Waals surface area contributed by atoms with Gasteiger partial charge in [-0.05, 0) is 0 Å². The van der Waals surface area contributed by atoms with Crippen molar-refractivity contribution < 1.29 is 14.0 Å². The summed E-state index contributed by atoms with van der Waals surface area (Å²) in [4.78, 5) is 25.0. The number of fused-ring (bicyclic) bond motifs is 4. The van der Waals surface area contributed by atoms with Crippen LogP contribution in [-0.4, -0.2) is 42.9 Å². The Kier molecular flexibility index (Phi) is 2.47. The van der Waals surface area contributed by atoms with Gasteiger partial charge in [0.25, 0.3) is 11.3 Å². The molecule has 0 amide bonds. The Labute approximate surface area is 133 Å². The molecule has 0 saturated heterocycles. The van der Waals surface area contributed by atoms with Crippen LogP contribution in [0.25, 0.3) is 28.3 Å². The highest BCUT2D eigenvalue weighted by atomic mass is 16.6. The zero-order chi connectivity index (χ0) is 16.3. The first-order valence-corrected chi connectivity index (χ1v) is 7.22. The van der Waals surface area contributed by atoms with Crippen LogP contribution in [0.1, 0.15) is 5.89 Å². The first kappa shape index (κ1) is 13.0. The highest BCUT2D eigenvalue weighted by Gasteiger charge is 2.19. The van der Waals surface area contributed by atoms with Gasteiger partial charge in [-0.1, -0.05) is 5.16 Å². The molecule has 0 spiro atoms. The highest BCUT2D eigenvalue weighted by molar-refractivity contribution is 5.83. The number of hydrogen-bond donors (Lipinski definition) is 1. The summed E-state index contributed by atoms with van der Waals surface area (Å²) in [5.74, 6) is 2.00. The standard InChI is InChI=1S/C14H10N6O4/c1-6-15-12(19-24-6)11-13(21)18-20-8-5-10-9(22-2-3-23-10)4-7(8)16-14(20)17-11/h4-5H,2-3H2,1H3,(H,18,21). The molecule has 0 bridgehead atoms. The molecule has 1 N–H and O–H groups in total. The first-order chi connectivity index (χ1) is 11.7. The van der Waals surface area contributed by atoms with Crippen LogP contribution in [0.15, 0.2) is 21.5 Å². The quantitative estimate of drug-likeness (QED) is 0.542. The molecule has 0 atom stereocenters. The van der Waals surface area contributed by atoms with Crippen LogP contribution in [0.4, 0.5) is 0 Å². The van der Waals surface area contributed by atoms with Crippen molar-refractivity contribution in [1.82, 2.24) is 29.7 Å². The maximum atomic E-state index is 12.3. The van der Waals surface area contributed by atoms with E-state index in [1.807, 2.05) is 0 Å². The molecule has 0 radical (unpaired) electrons. The van der Waals surface area contributed by atoms with E-state index in [9.17, 15) is 4.79 Å². The second kappa shape index (κ2) is 4.54. The number of aryl methyl sites for hydroxylation is 1. The van der Waals surface area contributed by atoms with Gasteiger partial charge in [0, 0.05) is 19.1 Å². The van der Waals surface area contributed by atoms with Gasteiger partial charge in [-0.3, -0.25) is 9.89 Å². The van der Waals surface area contributed by atoms with Gasteiger partial charge in [-0.25, -0.2) is 14.5 Å². The first-order valence-electron chi connectivity index (χ1n) is 7.22. The fourth-order valence-electron chi connectivity index (χ4n) is 2.64. The lowest BCUT2D eigenvalue weighted by Crippen LogP contribution is -2.17. The number of H-pyrrole nitrogens is 1. The van der Waals surface area contributed by atoms with E-state index in [1.165, 1.54) is 4.52 Å². The molecule has 10 heteroatoms. The minimum atomic E-state index is -0.447. The molecule has 24 heavy (non-hydrogen) atoms. The van der Waals surface area contributed by atoms with E-state index in [-0.39, 0.29) is 11.5 Å². The summed E-state index contributed by atoms with van der Waals surface area (Å²) < 4.78 is 17.5. The fraction of sp³-hybridized carbons (Fsp3) is 0.214. The second-order valence-corrected chi connectivity index (χ2v) is 5.27. The van der Waals surface area contributed by atoms with Gasteiger partial charge >= 0.3 is 0 Å². The van der Waals surface area contributed by atoms with Gasteiger partial charge in [0.1, 0.15) is 13.2 Å². The molecule has 4 aromatic rings. The molecule has 0 unspecified atom stereocenters. The summed E-state index contributed by atoms with van der Waals surface area (Å²) >= 11 is 0. The molecule has 10 nitrogen and oxygen atoms in total. The molecule has 1 aromatic carbocycles. The van der Waals surface area contributed by atoms with Crippen molar-refractivity contribution in [2.45, 2.75) is 6.92 Å². The van der Waals surface area contributed by atoms with Crippen LogP contribution in [0.2, 0.25) is 0 Å². The molecule has 0 fully saturated rings. The third-order valence-electron chi connectivity index (χ3n) is 3.68. The van der Waals surface area contributed by atoms with Crippen molar-refractivity contribution in [3.8, 4) is 23.0 Å². The lowest BCUT2D eigenvalue weighted by molar-refractivity contribution is 0.172. The molecule has 3 aromatic heterocycles. The number of imidazole rings is 1. The summed E-state index contributed by atoms with van der Waals surface area (Å²) in [6, 6.07) is 3.52. The van der Waals surface area contributed by atoms with Crippen molar-refractivity contribution in [1.29, 1.82) is 0 Å². The van der Waals surface area contributed by atoms with Crippen LogP contribution in [-0.2, 0) is 0 Å². The second-order valence-electron chi connectivity index (χ2n) is 5.27. The third kappa shape index (κ3) is 1.79. The molecule has 120 valence electrons. The van der Waals surface area contributed by atoms with Crippen LogP contribution < -0.4 is 15.0 Å². The Hall–Kier alpha value is -3.43. The molecule has 0 saturated carbocycles. The van der Waals surface area contributed by atoms with E-state index >= 15 is 0 Å². The summed E-state index contributed by atoms with van der Waals surface area (Å²) in [6.07, 6.45) is 0. The van der Waals surface area contributed by atoms with Crippen LogP contribution >= 0.6 is 0 Å². The van der Waals surface area contributed by atoms with Gasteiger partial charge in [-0.2, -0.15) is 4.98 Å². The van der Waals surface area contributed by atoms with Crippen LogP contribution in [0.5, 0.6) is 11.5 Å². The Balaban J connectivity index is 1.78. The van der Waals surface area contributed by atoms with Gasteiger partial charge in [0.2, 0.25) is 11.7 Å². The van der Waals surface area contributed by atoms with E-state index in [0.717, 1.165) is 0 Å². The number of ether oxygens (including phenoxy) is 2. The largest absolute Gasteiger partial charge is 0.486 e. The number of hydrogen-bond acceptors (Lipinski definition) is 8. The average molecular weight is 326 g/mol. The van der Waals surface area contributed by atoms with Gasteiger partial charge in [-0.15, -0.1) is 0 Å². The van der Waals surface area contributed by atoms with E-state index in [0.29, 0.717) is 47.4 Å². The monoisotopic (exact) mass is 326 g/mol. The Bertz CT molecular complexity index is 1160. The number of rotatable bonds is 1. The normalized spacial score (nSPS) is 13.7. The summed E-state index contributed by atoms with van der Waals surface area (Å²) in [7, 11) is 0. The maximum absolute atomic E-state index is 12.3. The third-order valence-corrected chi connectivity index (χ3v) is 3.68. The maximum Gasteiger partial charge on any atom is 0.293 e. The lowest BCUT2D eigenvalue weighted by atomic mass is 10.2. The molecular weight excluding hydrogens is 316 g/mol. The van der Waals surface area contributed by atoms with Crippen molar-refractivity contribution in [3.05, 3.63) is 28.4 Å². The zero-order valence-electron chi connectivity index (χ0n) is 12.4. The van der Waals surface area contributed by atoms with E-state index in [2.05, 4.69) is 25.2 Å². The zero-order valence-corrected chi connectivity index (χ0v) is 12.4. The highest BCUT2D eigenvalue weighted by Crippen LogP contribution is 2.34.